The number of aryl methyl sites for hydroxylation is 1. The maximum Gasteiger partial charge on any atom is 0.394 e. The second-order valence-corrected chi connectivity index (χ2v) is 13.1. The molecule has 4 aliphatic carbocycles. The van der Waals surface area contributed by atoms with Crippen LogP contribution in [0.3, 0.4) is 0 Å². The first-order chi connectivity index (χ1) is 19.0. The fourth-order valence-corrected chi connectivity index (χ4v) is 7.50. The number of hydrogen-bond donors (Lipinski definition) is 0. The predicted octanol–water partition coefficient (Wildman–Crippen LogP) is 4.24. The number of ether oxygens (including phenoxy) is 1. The number of fused-ring (bicyclic) bond motifs is 1. The summed E-state index contributed by atoms with van der Waals surface area (Å²) in [7, 11) is 2.06. The Bertz CT molecular complexity index is 1490. The fraction of sp³-hybridized carbons (Fsp3) is 0.679. The topological polar surface area (TPSA) is 85.1 Å². The van der Waals surface area contributed by atoms with E-state index in [1.54, 1.807) is 0 Å². The van der Waals surface area contributed by atoms with E-state index in [1.165, 1.54) is 0 Å². The fourth-order valence-electron chi connectivity index (χ4n) is 7.50. The van der Waals surface area contributed by atoms with E-state index in [0.29, 0.717) is 41.9 Å². The summed E-state index contributed by atoms with van der Waals surface area (Å²) in [6.45, 7) is 6.86. The molecule has 40 heavy (non-hydrogen) atoms. The van der Waals surface area contributed by atoms with Gasteiger partial charge in [-0.05, 0) is 53.0 Å². The Morgan fingerprint density at radius 1 is 1.00 bits per heavy atom. The molecule has 212 valence electrons. The average molecular weight is 555 g/mol. The molecule has 12 heteroatoms. The van der Waals surface area contributed by atoms with Gasteiger partial charge in [-0.3, -0.25) is 4.68 Å². The smallest absolute Gasteiger partial charge is 0.367 e. The zero-order chi connectivity index (χ0) is 27.6. The van der Waals surface area contributed by atoms with Gasteiger partial charge in [-0.25, -0.2) is 15.0 Å². The summed E-state index contributed by atoms with van der Waals surface area (Å²) in [4.78, 5) is 24.1. The van der Waals surface area contributed by atoms with Gasteiger partial charge in [-0.1, -0.05) is 0 Å². The van der Waals surface area contributed by atoms with E-state index in [0.717, 1.165) is 42.9 Å². The number of rotatable bonds is 5. The van der Waals surface area contributed by atoms with Gasteiger partial charge in [0.15, 0.2) is 5.65 Å². The standard InChI is InChI=1S/C28H33F3N8O/c1-15-7-38(11-20(40-15)17-6-32-39(10-17)19-4-5-19)25-35-23(26-12-27(13-26,14-26)28(29,30)31)22-24(36-25)33-16(2)21(34-22)18-8-37(3)9-18/h6,10,15,18-20H,4-5,7-9,11-14H2,1-3H3/t15-,20-,26?,27?/m1/s1. The van der Waals surface area contributed by atoms with Crippen molar-refractivity contribution in [3.63, 3.8) is 0 Å². The zero-order valence-corrected chi connectivity index (χ0v) is 22.9. The van der Waals surface area contributed by atoms with E-state index in [-0.39, 0.29) is 37.4 Å². The van der Waals surface area contributed by atoms with Gasteiger partial charge in [0.2, 0.25) is 5.95 Å². The molecule has 3 aromatic heterocycles. The Morgan fingerprint density at radius 3 is 2.42 bits per heavy atom. The summed E-state index contributed by atoms with van der Waals surface area (Å²) < 4.78 is 49.8. The molecular weight excluding hydrogens is 521 g/mol. The van der Waals surface area contributed by atoms with Crippen LogP contribution >= 0.6 is 0 Å². The minimum absolute atomic E-state index is 0.0641. The Morgan fingerprint density at radius 2 is 1.75 bits per heavy atom. The highest BCUT2D eigenvalue weighted by Gasteiger charge is 2.79. The molecule has 0 aromatic carbocycles. The van der Waals surface area contributed by atoms with Crippen molar-refractivity contribution in [2.45, 2.75) is 81.7 Å². The number of nitrogens with zero attached hydrogens (tertiary/aromatic N) is 8. The molecule has 2 bridgehead atoms. The molecule has 0 unspecified atom stereocenters. The summed E-state index contributed by atoms with van der Waals surface area (Å²) in [6.07, 6.45) is 1.96. The number of halogens is 3. The Labute approximate surface area is 230 Å². The first kappa shape index (κ1) is 24.9. The quantitative estimate of drug-likeness (QED) is 0.463. The van der Waals surface area contributed by atoms with Crippen molar-refractivity contribution in [3.8, 4) is 0 Å². The lowest BCUT2D eigenvalue weighted by Crippen LogP contribution is -2.70. The van der Waals surface area contributed by atoms with Crippen LogP contribution in [0.25, 0.3) is 11.2 Å². The van der Waals surface area contributed by atoms with Crippen LogP contribution in [0, 0.1) is 12.3 Å². The third-order valence-corrected chi connectivity index (χ3v) is 9.77. The lowest BCUT2D eigenvalue weighted by atomic mass is 9.34. The van der Waals surface area contributed by atoms with Crippen LogP contribution in [-0.4, -0.2) is 80.1 Å². The minimum Gasteiger partial charge on any atom is -0.367 e. The van der Waals surface area contributed by atoms with E-state index in [9.17, 15) is 13.2 Å². The summed E-state index contributed by atoms with van der Waals surface area (Å²) in [5, 5.41) is 4.54. The van der Waals surface area contributed by atoms with E-state index < -0.39 is 17.0 Å². The molecule has 9 nitrogen and oxygen atoms in total. The number of likely N-dealkylation sites (N-methyl/N-ethyl adjacent to an activating group) is 1. The van der Waals surface area contributed by atoms with Crippen LogP contribution in [-0.2, 0) is 10.2 Å². The van der Waals surface area contributed by atoms with Gasteiger partial charge in [-0.15, -0.1) is 0 Å². The maximum atomic E-state index is 13.8. The molecule has 2 atom stereocenters. The average Bonchev–Trinajstić information content (AvgIpc) is 3.55. The molecule has 0 spiro atoms. The molecule has 0 N–H and O–H groups in total. The van der Waals surface area contributed by atoms with Crippen molar-refractivity contribution in [2.75, 3.05) is 38.1 Å². The lowest BCUT2D eigenvalue weighted by molar-refractivity contribution is -0.337. The molecule has 4 saturated carbocycles. The first-order valence-electron chi connectivity index (χ1n) is 14.3. The van der Waals surface area contributed by atoms with Crippen LogP contribution in [0.2, 0.25) is 0 Å². The van der Waals surface area contributed by atoms with Crippen molar-refractivity contribution in [3.05, 3.63) is 35.0 Å². The Kier molecular flexibility index (Phi) is 5.05. The molecule has 9 rings (SSSR count). The van der Waals surface area contributed by atoms with Gasteiger partial charge in [-0.2, -0.15) is 23.3 Å². The van der Waals surface area contributed by atoms with Gasteiger partial charge in [0, 0.05) is 42.7 Å². The third kappa shape index (κ3) is 3.64. The van der Waals surface area contributed by atoms with Crippen molar-refractivity contribution in [2.24, 2.45) is 5.41 Å². The number of alkyl halides is 3. The molecule has 2 aliphatic heterocycles. The van der Waals surface area contributed by atoms with Crippen LogP contribution in [0.1, 0.15) is 79.7 Å². The summed E-state index contributed by atoms with van der Waals surface area (Å²) in [5.41, 5.74) is 2.22. The minimum atomic E-state index is -4.19. The second kappa shape index (κ2) is 8.12. The van der Waals surface area contributed by atoms with Crippen LogP contribution in [0.4, 0.5) is 19.1 Å². The zero-order valence-electron chi connectivity index (χ0n) is 22.9. The molecule has 6 fully saturated rings. The van der Waals surface area contributed by atoms with E-state index in [1.807, 2.05) is 24.7 Å². The third-order valence-electron chi connectivity index (χ3n) is 9.77. The van der Waals surface area contributed by atoms with E-state index >= 15 is 0 Å². The molecule has 6 aliphatic rings. The van der Waals surface area contributed by atoms with E-state index in [2.05, 4.69) is 28.1 Å². The molecule has 3 aromatic rings. The van der Waals surface area contributed by atoms with Crippen molar-refractivity contribution in [1.82, 2.24) is 34.6 Å². The van der Waals surface area contributed by atoms with Gasteiger partial charge in [0.25, 0.3) is 0 Å². The van der Waals surface area contributed by atoms with Crippen LogP contribution in [0.5, 0.6) is 0 Å². The summed E-state index contributed by atoms with van der Waals surface area (Å²) in [5.74, 6) is 0.759. The lowest BCUT2D eigenvalue weighted by Gasteiger charge is -2.70. The molecule has 2 saturated heterocycles. The highest BCUT2D eigenvalue weighted by atomic mass is 19.4. The molecule has 5 heterocycles. The van der Waals surface area contributed by atoms with Crippen molar-refractivity contribution in [1.29, 1.82) is 0 Å². The molecular formula is C28H33F3N8O. The van der Waals surface area contributed by atoms with Crippen LogP contribution < -0.4 is 4.90 Å². The normalized spacial score (nSPS) is 32.6. The number of morpholine rings is 1. The summed E-state index contributed by atoms with van der Waals surface area (Å²) >= 11 is 0. The Hall–Kier alpha value is -2.86. The highest BCUT2D eigenvalue weighted by Crippen LogP contribution is 2.78. The maximum absolute atomic E-state index is 13.8. The Balaban J connectivity index is 1.18. The number of likely N-dealkylation sites (tertiary alicyclic amines) is 1. The van der Waals surface area contributed by atoms with Gasteiger partial charge in [0.1, 0.15) is 11.6 Å². The first-order valence-corrected chi connectivity index (χ1v) is 14.3. The molecule has 0 amide bonds. The number of anilines is 1. The van der Waals surface area contributed by atoms with Crippen LogP contribution in [0.15, 0.2) is 12.4 Å². The summed E-state index contributed by atoms with van der Waals surface area (Å²) in [6, 6.07) is 0.484. The van der Waals surface area contributed by atoms with E-state index in [4.69, 9.17) is 24.7 Å². The second-order valence-electron chi connectivity index (χ2n) is 13.1. The SMILES string of the molecule is Cc1nc2nc(N3C[C@@H](C)O[C@@H](c4cnn(C5CC5)c4)C3)nc(C34CC(C(F)(F)F)(C3)C4)c2nc1C1CN(C)C1. The number of hydrogen-bond acceptors (Lipinski definition) is 8. The molecule has 0 radical (unpaired) electrons. The van der Waals surface area contributed by atoms with Gasteiger partial charge >= 0.3 is 6.18 Å². The largest absolute Gasteiger partial charge is 0.394 e. The monoisotopic (exact) mass is 554 g/mol. The number of aromatic nitrogens is 6. The van der Waals surface area contributed by atoms with Gasteiger partial charge in [0.05, 0.1) is 47.4 Å². The highest BCUT2D eigenvalue weighted by molar-refractivity contribution is 5.77. The van der Waals surface area contributed by atoms with Crippen molar-refractivity contribution < 1.29 is 17.9 Å². The predicted molar refractivity (Wildman–Crippen MR) is 140 cm³/mol. The van der Waals surface area contributed by atoms with Gasteiger partial charge < -0.3 is 14.5 Å². The van der Waals surface area contributed by atoms with Crippen molar-refractivity contribution >= 4 is 17.1 Å².